The summed E-state index contributed by atoms with van der Waals surface area (Å²) in [5.74, 6) is -1.15. The Bertz CT molecular complexity index is 2410. The van der Waals surface area contributed by atoms with Crippen LogP contribution in [0.1, 0.15) is 60.8 Å². The molecule has 0 saturated heterocycles. The zero-order valence-electron chi connectivity index (χ0n) is 29.4. The number of rotatable bonds is 4. The molecule has 54 heavy (non-hydrogen) atoms. The van der Waals surface area contributed by atoms with E-state index in [2.05, 4.69) is 23.8 Å². The van der Waals surface area contributed by atoms with E-state index < -0.39 is 10.8 Å². The van der Waals surface area contributed by atoms with Gasteiger partial charge < -0.3 is 10.6 Å². The van der Waals surface area contributed by atoms with Gasteiger partial charge in [-0.3, -0.25) is 19.2 Å². The molecule has 0 radical (unpaired) electrons. The van der Waals surface area contributed by atoms with E-state index in [-0.39, 0.29) is 48.1 Å². The molecule has 2 aliphatic carbocycles. The molecular formula is C44H34Cl4N2O4. The van der Waals surface area contributed by atoms with Crippen LogP contribution < -0.4 is 10.6 Å². The third-order valence-electron chi connectivity index (χ3n) is 10.8. The second kappa shape index (κ2) is 14.2. The zero-order chi connectivity index (χ0) is 38.7. The molecule has 2 amide bonds. The van der Waals surface area contributed by atoms with Crippen molar-refractivity contribution in [2.45, 2.75) is 49.4 Å². The lowest BCUT2D eigenvalue weighted by molar-refractivity contribution is -0.123. The summed E-state index contributed by atoms with van der Waals surface area (Å²) in [5, 5.41) is 8.13. The van der Waals surface area contributed by atoms with Crippen molar-refractivity contribution in [1.29, 1.82) is 0 Å². The molecular weight excluding hydrogens is 762 g/mol. The Morgan fingerprint density at radius 1 is 0.648 bits per heavy atom. The molecule has 6 nitrogen and oxygen atoms in total. The lowest BCUT2D eigenvalue weighted by Crippen LogP contribution is -2.46. The van der Waals surface area contributed by atoms with Crippen molar-refractivity contribution < 1.29 is 19.2 Å². The van der Waals surface area contributed by atoms with Gasteiger partial charge in [0.15, 0.2) is 11.6 Å². The van der Waals surface area contributed by atoms with Crippen LogP contribution in [0.4, 0.5) is 11.4 Å². The van der Waals surface area contributed by atoms with E-state index >= 15 is 0 Å². The van der Waals surface area contributed by atoms with Crippen LogP contribution in [-0.2, 0) is 30.0 Å². The Hall–Kier alpha value is -4.72. The minimum absolute atomic E-state index is 0.0201. The van der Waals surface area contributed by atoms with Gasteiger partial charge in [-0.1, -0.05) is 108 Å². The van der Waals surface area contributed by atoms with Crippen LogP contribution >= 0.6 is 46.4 Å². The van der Waals surface area contributed by atoms with E-state index in [9.17, 15) is 19.2 Å². The SMILES string of the molecule is C=C(C)C1=CC(=O)C[C@@H](c2cccc(Cl)c2)[C@]12C(=O)Nc1cc(Cl)ccc12.C=C(C)C1=C[C@@]2(C(=O)Nc3cc(Cl)ccc32)[C@H](c2cccc(Cl)c2)CC1=O. The van der Waals surface area contributed by atoms with Gasteiger partial charge in [0.1, 0.15) is 10.8 Å². The number of hydrogen-bond acceptors (Lipinski definition) is 4. The summed E-state index contributed by atoms with van der Waals surface area (Å²) in [6.07, 6.45) is 3.76. The molecule has 8 rings (SSSR count). The Morgan fingerprint density at radius 2 is 1.19 bits per heavy atom. The van der Waals surface area contributed by atoms with Gasteiger partial charge in [0.2, 0.25) is 11.8 Å². The fourth-order valence-corrected chi connectivity index (χ4v) is 9.24. The van der Waals surface area contributed by atoms with Crippen molar-refractivity contribution in [3.63, 3.8) is 0 Å². The van der Waals surface area contributed by atoms with E-state index in [1.165, 1.54) is 0 Å². The maximum atomic E-state index is 13.4. The molecule has 4 aromatic rings. The highest BCUT2D eigenvalue weighted by Crippen LogP contribution is 2.57. The van der Waals surface area contributed by atoms with Gasteiger partial charge in [-0.15, -0.1) is 0 Å². The number of carbonyl (C=O) groups excluding carboxylic acids is 4. The van der Waals surface area contributed by atoms with Crippen molar-refractivity contribution in [3.8, 4) is 0 Å². The van der Waals surface area contributed by atoms with E-state index in [0.717, 1.165) is 22.3 Å². The Balaban J connectivity index is 0.000000167. The lowest BCUT2D eigenvalue weighted by atomic mass is 9.58. The van der Waals surface area contributed by atoms with Gasteiger partial charge in [0, 0.05) is 61.7 Å². The van der Waals surface area contributed by atoms with Gasteiger partial charge in [0.05, 0.1) is 0 Å². The Morgan fingerprint density at radius 3 is 1.76 bits per heavy atom. The Labute approximate surface area is 333 Å². The van der Waals surface area contributed by atoms with Crippen LogP contribution in [0.3, 0.4) is 0 Å². The number of Topliss-reactive ketones (excluding diaryl/α,β-unsaturated/α-hetero) is 1. The van der Waals surface area contributed by atoms with Gasteiger partial charge in [-0.2, -0.15) is 0 Å². The molecule has 2 N–H and O–H groups in total. The summed E-state index contributed by atoms with van der Waals surface area (Å²) in [5.41, 5.74) is 5.10. The number of halogens is 4. The van der Waals surface area contributed by atoms with Crippen molar-refractivity contribution in [2.75, 3.05) is 10.6 Å². The monoisotopic (exact) mass is 794 g/mol. The highest BCUT2D eigenvalue weighted by molar-refractivity contribution is 6.32. The predicted octanol–water partition coefficient (Wildman–Crippen LogP) is 10.9. The summed E-state index contributed by atoms with van der Waals surface area (Å²) in [7, 11) is 0. The summed E-state index contributed by atoms with van der Waals surface area (Å²) < 4.78 is 0. The normalized spacial score (nSPS) is 23.8. The van der Waals surface area contributed by atoms with Crippen LogP contribution in [-0.4, -0.2) is 23.4 Å². The molecule has 0 saturated carbocycles. The van der Waals surface area contributed by atoms with Crippen LogP contribution in [0.15, 0.2) is 133 Å². The van der Waals surface area contributed by atoms with Crippen molar-refractivity contribution in [3.05, 3.63) is 175 Å². The summed E-state index contributed by atoms with van der Waals surface area (Å²) in [6.45, 7) is 11.6. The first-order chi connectivity index (χ1) is 25.7. The van der Waals surface area contributed by atoms with Crippen LogP contribution in [0.5, 0.6) is 0 Å². The fraction of sp³-hybridized carbons (Fsp3) is 0.182. The zero-order valence-corrected chi connectivity index (χ0v) is 32.4. The first kappa shape index (κ1) is 37.6. The molecule has 2 spiro atoms. The molecule has 4 aliphatic rings. The predicted molar refractivity (Wildman–Crippen MR) is 217 cm³/mol. The van der Waals surface area contributed by atoms with Gasteiger partial charge >= 0.3 is 0 Å². The van der Waals surface area contributed by atoms with Crippen molar-refractivity contribution in [2.24, 2.45) is 0 Å². The second-order valence-electron chi connectivity index (χ2n) is 14.2. The fourth-order valence-electron chi connectivity index (χ4n) is 8.50. The highest BCUT2D eigenvalue weighted by atomic mass is 35.5. The Kier molecular flexibility index (Phi) is 9.86. The summed E-state index contributed by atoms with van der Waals surface area (Å²) in [6, 6.07) is 25.4. The van der Waals surface area contributed by atoms with Crippen LogP contribution in [0.25, 0.3) is 0 Å². The number of amides is 2. The summed E-state index contributed by atoms with van der Waals surface area (Å²) >= 11 is 24.7. The van der Waals surface area contributed by atoms with Crippen LogP contribution in [0.2, 0.25) is 20.1 Å². The molecule has 272 valence electrons. The third-order valence-corrected chi connectivity index (χ3v) is 11.7. The first-order valence-corrected chi connectivity index (χ1v) is 18.7. The second-order valence-corrected chi connectivity index (χ2v) is 15.9. The number of benzene rings is 4. The average molecular weight is 797 g/mol. The molecule has 10 heteroatoms. The minimum atomic E-state index is -1.04. The smallest absolute Gasteiger partial charge is 0.240 e. The van der Waals surface area contributed by atoms with E-state index in [1.807, 2.05) is 55.5 Å². The van der Waals surface area contributed by atoms with Crippen LogP contribution in [0, 0.1) is 0 Å². The number of allylic oxidation sites excluding steroid dienone is 4. The molecule has 4 atom stereocenters. The number of anilines is 2. The molecule has 2 aliphatic heterocycles. The summed E-state index contributed by atoms with van der Waals surface area (Å²) in [4.78, 5) is 52.1. The lowest BCUT2D eigenvalue weighted by Gasteiger charge is -2.41. The number of nitrogens with one attached hydrogen (secondary N) is 2. The van der Waals surface area contributed by atoms with Gasteiger partial charge in [-0.25, -0.2) is 0 Å². The molecule has 4 aromatic carbocycles. The number of fused-ring (bicyclic) bond motifs is 4. The average Bonchev–Trinajstić information content (AvgIpc) is 3.54. The topological polar surface area (TPSA) is 92.3 Å². The molecule has 2 heterocycles. The maximum Gasteiger partial charge on any atom is 0.240 e. The van der Waals surface area contributed by atoms with Gasteiger partial charge in [0.25, 0.3) is 0 Å². The minimum Gasteiger partial charge on any atom is -0.325 e. The first-order valence-electron chi connectivity index (χ1n) is 17.2. The quantitative estimate of drug-likeness (QED) is 0.215. The van der Waals surface area contributed by atoms with Gasteiger partial charge in [-0.05, 0) is 102 Å². The van der Waals surface area contributed by atoms with Crippen molar-refractivity contribution in [1.82, 2.24) is 0 Å². The highest BCUT2D eigenvalue weighted by Gasteiger charge is 2.58. The number of ketones is 2. The van der Waals surface area contributed by atoms with Crippen molar-refractivity contribution >= 4 is 81.2 Å². The standard InChI is InChI=1S/2C22H17Cl2NO2/c1-12(2)16-11-22(17-7-6-15(24)9-19(17)25-21(22)27)18(10-20(16)26)13-4-3-5-14(23)8-13;1-12(2)18-10-16(26)11-19(13-4-3-5-14(23)8-13)22(18)17-7-6-15(24)9-20(17)25-21(22)27/h3-9,11,18H,1,10H2,2H3,(H,25,27);3-10,19H,1,11H2,2H3,(H,25,27)/t18-,22-;19-,22+/m00/s1. The van der Waals surface area contributed by atoms with E-state index in [0.29, 0.717) is 53.8 Å². The third kappa shape index (κ3) is 6.15. The molecule has 0 bridgehead atoms. The molecule has 0 unspecified atom stereocenters. The number of hydrogen-bond donors (Lipinski definition) is 2. The van der Waals surface area contributed by atoms with E-state index in [4.69, 9.17) is 46.4 Å². The van der Waals surface area contributed by atoms with E-state index in [1.54, 1.807) is 55.5 Å². The largest absolute Gasteiger partial charge is 0.325 e. The number of carbonyl (C=O) groups is 4. The molecule has 0 fully saturated rings. The molecule has 0 aromatic heterocycles. The maximum absolute atomic E-state index is 13.4.